The molecule has 3 aliphatic rings. The Balaban J connectivity index is 1.05. The van der Waals surface area contributed by atoms with Gasteiger partial charge in [0.1, 0.15) is 6.10 Å². The molecule has 0 unspecified atom stereocenters. The van der Waals surface area contributed by atoms with Crippen LogP contribution >= 0.6 is 11.8 Å². The highest BCUT2D eigenvalue weighted by Crippen LogP contribution is 2.36. The topological polar surface area (TPSA) is 92.7 Å². The number of para-hydroxylation sites is 1. The molecule has 0 bridgehead atoms. The van der Waals surface area contributed by atoms with E-state index in [4.69, 9.17) is 4.74 Å². The second-order valence-electron chi connectivity index (χ2n) is 8.89. The average molecular weight is 477 g/mol. The van der Waals surface area contributed by atoms with Crippen molar-refractivity contribution in [3.8, 4) is 0 Å². The molecular weight excluding hydrogens is 452 g/mol. The van der Waals surface area contributed by atoms with Gasteiger partial charge in [-0.2, -0.15) is 0 Å². The maximum absolute atomic E-state index is 12.5. The summed E-state index contributed by atoms with van der Waals surface area (Å²) in [7, 11) is 0. The van der Waals surface area contributed by atoms with Crippen molar-refractivity contribution in [1.82, 2.24) is 9.88 Å². The molecule has 2 N–H and O–H groups in total. The number of nitrogens with one attached hydrogen (secondary N) is 2. The van der Waals surface area contributed by atoms with Gasteiger partial charge in [-0.3, -0.25) is 14.5 Å². The number of benzene rings is 2. The second-order valence-corrected chi connectivity index (χ2v) is 9.91. The molecule has 4 heterocycles. The van der Waals surface area contributed by atoms with Crippen molar-refractivity contribution in [2.24, 2.45) is 0 Å². The van der Waals surface area contributed by atoms with E-state index in [0.717, 1.165) is 33.7 Å². The summed E-state index contributed by atoms with van der Waals surface area (Å²) in [6, 6.07) is 15.4. The highest BCUT2D eigenvalue weighted by molar-refractivity contribution is 8.00. The number of nitrogens with zero attached hydrogens (tertiary/aromatic N) is 2. The molecule has 9 heteroatoms. The van der Waals surface area contributed by atoms with Gasteiger partial charge >= 0.3 is 6.09 Å². The second kappa shape index (κ2) is 8.48. The molecule has 0 aliphatic carbocycles. The third kappa shape index (κ3) is 3.74. The molecule has 1 aromatic heterocycles. The third-order valence-electron chi connectivity index (χ3n) is 6.70. The number of amides is 2. The summed E-state index contributed by atoms with van der Waals surface area (Å²) >= 11 is 1.49. The molecule has 2 atom stereocenters. The van der Waals surface area contributed by atoms with Crippen molar-refractivity contribution in [3.05, 3.63) is 64.4 Å². The lowest BCUT2D eigenvalue weighted by Gasteiger charge is -2.20. The number of cyclic esters (lactones) is 1. The number of carbonyl (C=O) groups is 2. The molecule has 0 radical (unpaired) electrons. The Hall–Kier alpha value is -3.30. The van der Waals surface area contributed by atoms with E-state index in [1.54, 1.807) is 11.0 Å². The van der Waals surface area contributed by atoms with Crippen LogP contribution in [0.2, 0.25) is 0 Å². The van der Waals surface area contributed by atoms with Gasteiger partial charge in [0.2, 0.25) is 5.91 Å². The van der Waals surface area contributed by atoms with Crippen LogP contribution in [0.3, 0.4) is 0 Å². The molecule has 2 amide bonds. The number of rotatable bonds is 6. The minimum absolute atomic E-state index is 0.0333. The number of aromatic nitrogens is 1. The van der Waals surface area contributed by atoms with Crippen molar-refractivity contribution in [2.75, 3.05) is 35.6 Å². The van der Waals surface area contributed by atoms with Gasteiger partial charge in [-0.25, -0.2) is 4.79 Å². The number of anilines is 2. The van der Waals surface area contributed by atoms with Crippen LogP contribution in [0.15, 0.2) is 58.2 Å². The molecule has 0 saturated carbocycles. The maximum Gasteiger partial charge on any atom is 0.414 e. The molecule has 6 rings (SSSR count). The molecule has 3 aliphatic heterocycles. The Labute approximate surface area is 200 Å². The van der Waals surface area contributed by atoms with Gasteiger partial charge in [-0.05, 0) is 48.2 Å². The van der Waals surface area contributed by atoms with Crippen LogP contribution in [0.25, 0.3) is 10.9 Å². The largest absolute Gasteiger partial charge is 0.444 e. The summed E-state index contributed by atoms with van der Waals surface area (Å²) in [6.07, 6.45) is 0.132. The summed E-state index contributed by atoms with van der Waals surface area (Å²) in [4.78, 5) is 39.1. The van der Waals surface area contributed by atoms with E-state index >= 15 is 0 Å². The first-order valence-electron chi connectivity index (χ1n) is 11.4. The monoisotopic (exact) mass is 476 g/mol. The Morgan fingerprint density at radius 2 is 2.00 bits per heavy atom. The summed E-state index contributed by atoms with van der Waals surface area (Å²) in [6.45, 7) is 2.62. The third-order valence-corrected chi connectivity index (χ3v) is 7.77. The van der Waals surface area contributed by atoms with Gasteiger partial charge in [-0.15, -0.1) is 11.8 Å². The van der Waals surface area contributed by atoms with Crippen molar-refractivity contribution in [1.29, 1.82) is 0 Å². The Bertz CT molecular complexity index is 1370. The first-order valence-corrected chi connectivity index (χ1v) is 12.4. The lowest BCUT2D eigenvalue weighted by Crippen LogP contribution is -2.28. The summed E-state index contributed by atoms with van der Waals surface area (Å²) in [5.41, 5.74) is 3.76. The van der Waals surface area contributed by atoms with Crippen molar-refractivity contribution in [3.63, 3.8) is 0 Å². The fourth-order valence-electron chi connectivity index (χ4n) is 5.05. The van der Waals surface area contributed by atoms with E-state index in [2.05, 4.69) is 16.7 Å². The van der Waals surface area contributed by atoms with Gasteiger partial charge in [0.25, 0.3) is 5.56 Å². The van der Waals surface area contributed by atoms with E-state index in [0.29, 0.717) is 31.8 Å². The van der Waals surface area contributed by atoms with Crippen molar-refractivity contribution < 1.29 is 14.3 Å². The molecule has 2 aromatic carbocycles. The van der Waals surface area contributed by atoms with Crippen LogP contribution < -0.4 is 21.1 Å². The number of pyridine rings is 1. The van der Waals surface area contributed by atoms with E-state index < -0.39 is 0 Å². The van der Waals surface area contributed by atoms with Crippen LogP contribution in [0.1, 0.15) is 17.9 Å². The fourth-order valence-corrected chi connectivity index (χ4v) is 5.84. The van der Waals surface area contributed by atoms with Crippen molar-refractivity contribution >= 4 is 46.0 Å². The predicted molar refractivity (Wildman–Crippen MR) is 132 cm³/mol. The first-order chi connectivity index (χ1) is 16.6. The highest BCUT2D eigenvalue weighted by atomic mass is 32.2. The Morgan fingerprint density at radius 1 is 1.09 bits per heavy atom. The lowest BCUT2D eigenvalue weighted by molar-refractivity contribution is -0.113. The summed E-state index contributed by atoms with van der Waals surface area (Å²) in [5, 5.41) is 7.45. The summed E-state index contributed by atoms with van der Waals surface area (Å²) < 4.78 is 7.46. The number of thioether (sulfide) groups is 1. The molecule has 0 spiro atoms. The van der Waals surface area contributed by atoms with E-state index in [-0.39, 0.29) is 29.6 Å². The van der Waals surface area contributed by atoms with E-state index in [1.807, 2.05) is 41.0 Å². The zero-order valence-corrected chi connectivity index (χ0v) is 19.3. The van der Waals surface area contributed by atoms with Crippen LogP contribution in [-0.4, -0.2) is 48.1 Å². The van der Waals surface area contributed by atoms with E-state index in [1.165, 1.54) is 17.3 Å². The highest BCUT2D eigenvalue weighted by Gasteiger charge is 2.33. The summed E-state index contributed by atoms with van der Waals surface area (Å²) in [5.74, 6) is 0.616. The molecule has 1 saturated heterocycles. The molecular formula is C25H24N4O4S. The standard InChI is InChI=1S/C25H24N4O4S/c30-22-14-34-21-6-5-17(10-20(21)27-22)28-13-18(33-25(28)32)8-9-26-11-16-12-29-23(31)7-4-15-2-1-3-19(16)24(15)29/h1-7,10,16,18,26H,8-9,11-14H2,(H,27,30)/t16-,18-/m0/s1. The van der Waals surface area contributed by atoms with Crippen molar-refractivity contribution in [2.45, 2.75) is 29.9 Å². The number of carbonyl (C=O) groups excluding carboxylic acids is 2. The van der Waals surface area contributed by atoms with Gasteiger partial charge in [-0.1, -0.05) is 18.2 Å². The first kappa shape index (κ1) is 21.2. The predicted octanol–water partition coefficient (Wildman–Crippen LogP) is 3.15. The fraction of sp³-hybridized carbons (Fsp3) is 0.320. The zero-order chi connectivity index (χ0) is 23.2. The molecule has 174 valence electrons. The van der Waals surface area contributed by atoms with Crippen LogP contribution in [0.5, 0.6) is 0 Å². The van der Waals surface area contributed by atoms with Gasteiger partial charge in [0.05, 0.1) is 23.5 Å². The zero-order valence-electron chi connectivity index (χ0n) is 18.5. The van der Waals surface area contributed by atoms with Gasteiger partial charge in [0.15, 0.2) is 0 Å². The Morgan fingerprint density at radius 3 is 2.91 bits per heavy atom. The van der Waals surface area contributed by atoms with Crippen LogP contribution in [0.4, 0.5) is 16.2 Å². The number of ether oxygens (including phenoxy) is 1. The molecule has 8 nitrogen and oxygen atoms in total. The van der Waals surface area contributed by atoms with Gasteiger partial charge < -0.3 is 19.9 Å². The smallest absolute Gasteiger partial charge is 0.414 e. The SMILES string of the molecule is O=C1CSc2ccc(N3C[C@H](CCNC[C@H]4Cn5c(=O)ccc6cccc4c65)OC3=O)cc2N1. The maximum atomic E-state index is 12.5. The lowest BCUT2D eigenvalue weighted by atomic mass is 10.00. The molecule has 3 aromatic rings. The minimum Gasteiger partial charge on any atom is -0.444 e. The normalized spacial score (nSPS) is 21.0. The van der Waals surface area contributed by atoms with Crippen LogP contribution in [0, 0.1) is 0 Å². The van der Waals surface area contributed by atoms with E-state index in [9.17, 15) is 14.4 Å². The number of hydrogen-bond donors (Lipinski definition) is 2. The van der Waals surface area contributed by atoms with Gasteiger partial charge in [0, 0.05) is 35.7 Å². The number of fused-ring (bicyclic) bond motifs is 1. The molecule has 34 heavy (non-hydrogen) atoms. The number of hydrogen-bond acceptors (Lipinski definition) is 6. The quantitative estimate of drug-likeness (QED) is 0.531. The Kier molecular flexibility index (Phi) is 5.30. The minimum atomic E-state index is -0.364. The van der Waals surface area contributed by atoms with Crippen LogP contribution in [-0.2, 0) is 16.1 Å². The average Bonchev–Trinajstić information content (AvgIpc) is 3.40. The molecule has 1 fully saturated rings.